The first-order valence-electron chi connectivity index (χ1n) is 6.16. The number of rotatable bonds is 0. The van der Waals surface area contributed by atoms with Gasteiger partial charge in [0.1, 0.15) is 0 Å². The van der Waals surface area contributed by atoms with Crippen molar-refractivity contribution in [2.24, 2.45) is 0 Å². The van der Waals surface area contributed by atoms with Gasteiger partial charge in [0.25, 0.3) is 0 Å². The molecule has 15 heavy (non-hydrogen) atoms. The summed E-state index contributed by atoms with van der Waals surface area (Å²) in [4.78, 5) is 0. The highest BCUT2D eigenvalue weighted by molar-refractivity contribution is 5.31. The number of hydrogen-bond donors (Lipinski definition) is 1. The molecule has 1 unspecified atom stereocenters. The normalized spacial score (nSPS) is 17.5. The highest BCUT2D eigenvalue weighted by Crippen LogP contribution is 2.22. The van der Waals surface area contributed by atoms with Crippen LogP contribution in [0.2, 0.25) is 0 Å². The van der Waals surface area contributed by atoms with Crippen LogP contribution in [0.4, 0.5) is 0 Å². The molecular weight excluding hydrogens is 182 g/mol. The number of hydrogen-bond acceptors (Lipinski definition) is 1. The predicted octanol–water partition coefficient (Wildman–Crippen LogP) is 3.95. The second-order valence-electron chi connectivity index (χ2n) is 3.23. The summed E-state index contributed by atoms with van der Waals surface area (Å²) >= 11 is 0. The van der Waals surface area contributed by atoms with E-state index < -0.39 is 0 Å². The van der Waals surface area contributed by atoms with Crippen molar-refractivity contribution in [1.82, 2.24) is 5.32 Å². The third kappa shape index (κ3) is 4.05. The van der Waals surface area contributed by atoms with Gasteiger partial charge >= 0.3 is 0 Å². The standard InChI is InChI=1S/C10H13N.2C2H6/c1-8-6-11-7-9-4-2-3-5-10(8)9;2*1-2/h2-5,8,11H,6-7H2,1H3;2*1-2H3. The minimum Gasteiger partial charge on any atom is -0.312 e. The van der Waals surface area contributed by atoms with Gasteiger partial charge in [0.2, 0.25) is 0 Å². The summed E-state index contributed by atoms with van der Waals surface area (Å²) in [5.41, 5.74) is 2.98. The van der Waals surface area contributed by atoms with Crippen LogP contribution in [-0.4, -0.2) is 6.54 Å². The van der Waals surface area contributed by atoms with Crippen LogP contribution < -0.4 is 5.32 Å². The van der Waals surface area contributed by atoms with Crippen molar-refractivity contribution in [2.75, 3.05) is 6.54 Å². The van der Waals surface area contributed by atoms with Crippen LogP contribution >= 0.6 is 0 Å². The van der Waals surface area contributed by atoms with Gasteiger partial charge in [-0.3, -0.25) is 0 Å². The number of benzene rings is 1. The largest absolute Gasteiger partial charge is 0.312 e. The van der Waals surface area contributed by atoms with Crippen molar-refractivity contribution in [2.45, 2.75) is 47.1 Å². The van der Waals surface area contributed by atoms with Gasteiger partial charge in [0.15, 0.2) is 0 Å². The summed E-state index contributed by atoms with van der Waals surface area (Å²) in [7, 11) is 0. The van der Waals surface area contributed by atoms with E-state index in [1.54, 1.807) is 0 Å². The van der Waals surface area contributed by atoms with Crippen molar-refractivity contribution in [3.8, 4) is 0 Å². The summed E-state index contributed by atoms with van der Waals surface area (Å²) in [6.07, 6.45) is 0. The molecule has 1 heterocycles. The molecule has 1 nitrogen and oxygen atoms in total. The SMILES string of the molecule is CC.CC.CC1CNCc2ccccc21. The molecule has 0 aromatic heterocycles. The lowest BCUT2D eigenvalue weighted by atomic mass is 9.93. The second kappa shape index (κ2) is 8.49. The van der Waals surface area contributed by atoms with Crippen molar-refractivity contribution in [3.63, 3.8) is 0 Å². The van der Waals surface area contributed by atoms with Crippen molar-refractivity contribution in [1.29, 1.82) is 0 Å². The average molecular weight is 207 g/mol. The Morgan fingerprint density at radius 2 is 1.67 bits per heavy atom. The molecule has 1 aromatic rings. The first-order valence-corrected chi connectivity index (χ1v) is 6.16. The molecule has 0 fully saturated rings. The Hall–Kier alpha value is -0.820. The van der Waals surface area contributed by atoms with Gasteiger partial charge in [-0.2, -0.15) is 0 Å². The van der Waals surface area contributed by atoms with E-state index in [4.69, 9.17) is 0 Å². The van der Waals surface area contributed by atoms with Crippen LogP contribution in [0.3, 0.4) is 0 Å². The van der Waals surface area contributed by atoms with Gasteiger partial charge in [0, 0.05) is 13.1 Å². The van der Waals surface area contributed by atoms with Crippen LogP contribution in [0, 0.1) is 0 Å². The molecule has 1 aliphatic heterocycles. The van der Waals surface area contributed by atoms with Crippen LogP contribution in [0.15, 0.2) is 24.3 Å². The van der Waals surface area contributed by atoms with E-state index >= 15 is 0 Å². The molecule has 2 rings (SSSR count). The lowest BCUT2D eigenvalue weighted by Gasteiger charge is -2.22. The smallest absolute Gasteiger partial charge is 0.0208 e. The van der Waals surface area contributed by atoms with Crippen LogP contribution in [-0.2, 0) is 6.54 Å². The van der Waals surface area contributed by atoms with Gasteiger partial charge in [0.05, 0.1) is 0 Å². The zero-order valence-electron chi connectivity index (χ0n) is 10.8. The molecule has 1 aliphatic rings. The average Bonchev–Trinajstić information content (AvgIpc) is 2.35. The van der Waals surface area contributed by atoms with Gasteiger partial charge in [-0.25, -0.2) is 0 Å². The van der Waals surface area contributed by atoms with Crippen LogP contribution in [0.5, 0.6) is 0 Å². The maximum atomic E-state index is 3.39. The Morgan fingerprint density at radius 1 is 1.07 bits per heavy atom. The zero-order valence-corrected chi connectivity index (χ0v) is 10.8. The fourth-order valence-electron chi connectivity index (χ4n) is 1.71. The molecule has 86 valence electrons. The van der Waals surface area contributed by atoms with Crippen LogP contribution in [0.25, 0.3) is 0 Å². The van der Waals surface area contributed by atoms with E-state index in [9.17, 15) is 0 Å². The minimum absolute atomic E-state index is 0.681. The molecule has 0 bridgehead atoms. The Morgan fingerprint density at radius 3 is 2.27 bits per heavy atom. The summed E-state index contributed by atoms with van der Waals surface area (Å²) in [6, 6.07) is 8.68. The monoisotopic (exact) mass is 207 g/mol. The first-order chi connectivity index (χ1) is 7.38. The van der Waals surface area contributed by atoms with E-state index in [1.165, 1.54) is 11.1 Å². The predicted molar refractivity (Wildman–Crippen MR) is 69.3 cm³/mol. The number of fused-ring (bicyclic) bond motifs is 1. The highest BCUT2D eigenvalue weighted by atomic mass is 14.9. The van der Waals surface area contributed by atoms with E-state index in [1.807, 2.05) is 27.7 Å². The lowest BCUT2D eigenvalue weighted by Crippen LogP contribution is -2.26. The summed E-state index contributed by atoms with van der Waals surface area (Å²) in [5, 5.41) is 3.39. The number of nitrogens with one attached hydrogen (secondary N) is 1. The molecule has 0 saturated heterocycles. The highest BCUT2D eigenvalue weighted by Gasteiger charge is 2.13. The van der Waals surface area contributed by atoms with E-state index in [2.05, 4.69) is 36.5 Å². The maximum Gasteiger partial charge on any atom is 0.0208 e. The van der Waals surface area contributed by atoms with Crippen LogP contribution in [0.1, 0.15) is 51.7 Å². The molecule has 0 amide bonds. The molecule has 0 aliphatic carbocycles. The van der Waals surface area contributed by atoms with Gasteiger partial charge in [-0.1, -0.05) is 58.9 Å². The molecule has 0 spiro atoms. The Bertz CT molecular complexity index is 255. The van der Waals surface area contributed by atoms with E-state index in [0.717, 1.165) is 13.1 Å². The second-order valence-corrected chi connectivity index (χ2v) is 3.23. The zero-order chi connectivity index (χ0) is 11.7. The van der Waals surface area contributed by atoms with E-state index in [0.29, 0.717) is 5.92 Å². The fraction of sp³-hybridized carbons (Fsp3) is 0.571. The summed E-state index contributed by atoms with van der Waals surface area (Å²) in [5.74, 6) is 0.681. The molecule has 1 aromatic carbocycles. The molecule has 0 radical (unpaired) electrons. The third-order valence-electron chi connectivity index (χ3n) is 2.35. The Balaban J connectivity index is 0.000000442. The van der Waals surface area contributed by atoms with Gasteiger partial charge in [-0.15, -0.1) is 0 Å². The Kier molecular flexibility index (Phi) is 8.02. The van der Waals surface area contributed by atoms with Crippen molar-refractivity contribution < 1.29 is 0 Å². The Labute approximate surface area is 94.9 Å². The topological polar surface area (TPSA) is 12.0 Å². The molecule has 1 N–H and O–H groups in total. The van der Waals surface area contributed by atoms with Crippen molar-refractivity contribution >= 4 is 0 Å². The quantitative estimate of drug-likeness (QED) is 0.679. The molecule has 0 saturated carbocycles. The lowest BCUT2D eigenvalue weighted by molar-refractivity contribution is 0.571. The minimum atomic E-state index is 0.681. The van der Waals surface area contributed by atoms with Gasteiger partial charge < -0.3 is 5.32 Å². The van der Waals surface area contributed by atoms with Crippen molar-refractivity contribution in [3.05, 3.63) is 35.4 Å². The maximum absolute atomic E-state index is 3.39. The fourth-order valence-corrected chi connectivity index (χ4v) is 1.71. The summed E-state index contributed by atoms with van der Waals surface area (Å²) in [6.45, 7) is 12.4. The first kappa shape index (κ1) is 14.2. The molecule has 1 heteroatoms. The third-order valence-corrected chi connectivity index (χ3v) is 2.35. The van der Waals surface area contributed by atoms with E-state index in [-0.39, 0.29) is 0 Å². The van der Waals surface area contributed by atoms with Gasteiger partial charge in [-0.05, 0) is 17.0 Å². The molecule has 1 atom stereocenters. The summed E-state index contributed by atoms with van der Waals surface area (Å²) < 4.78 is 0. The molecular formula is C14H25N.